The fourth-order valence-electron chi connectivity index (χ4n) is 3.07. The summed E-state index contributed by atoms with van der Waals surface area (Å²) in [5.41, 5.74) is 2.59. The predicted octanol–water partition coefficient (Wildman–Crippen LogP) is 2.07. The Bertz CT molecular complexity index is 822. The number of rotatable bonds is 1. The second kappa shape index (κ2) is 4.27. The number of amides is 3. The van der Waals surface area contributed by atoms with Gasteiger partial charge < -0.3 is 4.90 Å². The van der Waals surface area contributed by atoms with Crippen LogP contribution in [0.25, 0.3) is 0 Å². The van der Waals surface area contributed by atoms with Crippen molar-refractivity contribution >= 4 is 23.4 Å². The first-order valence-electron chi connectivity index (χ1n) is 6.95. The lowest BCUT2D eigenvalue weighted by atomic mass is 10.1. The largest absolute Gasteiger partial charge is 0.337 e. The second-order valence-corrected chi connectivity index (χ2v) is 5.46. The number of imide groups is 1. The van der Waals surface area contributed by atoms with E-state index in [9.17, 15) is 14.4 Å². The minimum absolute atomic E-state index is 0.0894. The molecule has 2 aliphatic rings. The molecule has 0 atom stereocenters. The number of carbonyl (C=O) groups excluding carboxylic acids is 3. The molecule has 4 rings (SSSR count). The first-order chi connectivity index (χ1) is 10.6. The maximum atomic E-state index is 12.6. The highest BCUT2D eigenvalue weighted by molar-refractivity contribution is 6.34. The van der Waals surface area contributed by atoms with E-state index in [-0.39, 0.29) is 17.7 Å². The summed E-state index contributed by atoms with van der Waals surface area (Å²) in [4.78, 5) is 40.0. The van der Waals surface area contributed by atoms with E-state index in [4.69, 9.17) is 0 Å². The van der Waals surface area contributed by atoms with Crippen LogP contribution in [0.15, 0.2) is 42.5 Å². The Labute approximate surface area is 126 Å². The van der Waals surface area contributed by atoms with Gasteiger partial charge in [0.2, 0.25) is 0 Å². The van der Waals surface area contributed by atoms with E-state index in [1.54, 1.807) is 54.4 Å². The lowest BCUT2D eigenvalue weighted by molar-refractivity contribution is 0.0816. The smallest absolute Gasteiger partial charge is 0.266 e. The fourth-order valence-corrected chi connectivity index (χ4v) is 3.07. The molecule has 0 saturated carbocycles. The lowest BCUT2D eigenvalue weighted by Gasteiger charge is -2.17. The molecule has 0 saturated heterocycles. The monoisotopic (exact) mass is 292 g/mol. The SMILES string of the molecule is CN1Cc2c(cccc2N2C(=O)c3ccccc3C2=O)C1=O. The average Bonchev–Trinajstić information content (AvgIpc) is 2.96. The molecule has 108 valence electrons. The summed E-state index contributed by atoms with van der Waals surface area (Å²) in [7, 11) is 1.70. The van der Waals surface area contributed by atoms with Crippen LogP contribution < -0.4 is 4.90 Å². The number of anilines is 1. The summed E-state index contributed by atoms with van der Waals surface area (Å²) < 4.78 is 0. The lowest BCUT2D eigenvalue weighted by Crippen LogP contribution is -2.30. The van der Waals surface area contributed by atoms with E-state index >= 15 is 0 Å². The molecular formula is C17H12N2O3. The molecule has 0 spiro atoms. The van der Waals surface area contributed by atoms with Crippen molar-refractivity contribution in [2.24, 2.45) is 0 Å². The fraction of sp³-hybridized carbons (Fsp3) is 0.118. The third-order valence-electron chi connectivity index (χ3n) is 4.16. The zero-order valence-corrected chi connectivity index (χ0v) is 11.9. The van der Waals surface area contributed by atoms with Gasteiger partial charge in [-0.15, -0.1) is 0 Å². The molecule has 22 heavy (non-hydrogen) atoms. The van der Waals surface area contributed by atoms with Gasteiger partial charge in [-0.2, -0.15) is 0 Å². The molecule has 0 aliphatic carbocycles. The summed E-state index contributed by atoms with van der Waals surface area (Å²) in [5.74, 6) is -0.763. The third kappa shape index (κ3) is 1.50. The van der Waals surface area contributed by atoms with Crippen LogP contribution in [0.1, 0.15) is 36.6 Å². The van der Waals surface area contributed by atoms with Crippen LogP contribution in [0, 0.1) is 0 Å². The van der Waals surface area contributed by atoms with Crippen LogP contribution >= 0.6 is 0 Å². The molecule has 3 amide bonds. The molecule has 5 heteroatoms. The summed E-state index contributed by atoms with van der Waals surface area (Å²) in [5, 5.41) is 0. The summed E-state index contributed by atoms with van der Waals surface area (Å²) in [6.45, 7) is 0.401. The first kappa shape index (κ1) is 12.8. The van der Waals surface area contributed by atoms with E-state index in [2.05, 4.69) is 0 Å². The highest BCUT2D eigenvalue weighted by Gasteiger charge is 2.39. The van der Waals surface area contributed by atoms with Gasteiger partial charge in [-0.25, -0.2) is 4.90 Å². The second-order valence-electron chi connectivity index (χ2n) is 5.46. The Hall–Kier alpha value is -2.95. The van der Waals surface area contributed by atoms with E-state index in [0.29, 0.717) is 28.9 Å². The first-order valence-corrected chi connectivity index (χ1v) is 6.95. The van der Waals surface area contributed by atoms with Gasteiger partial charge >= 0.3 is 0 Å². The van der Waals surface area contributed by atoms with Gasteiger partial charge in [0, 0.05) is 24.7 Å². The van der Waals surface area contributed by atoms with Crippen molar-refractivity contribution in [1.29, 1.82) is 0 Å². The van der Waals surface area contributed by atoms with Crippen molar-refractivity contribution in [2.75, 3.05) is 11.9 Å². The van der Waals surface area contributed by atoms with Crippen molar-refractivity contribution in [3.8, 4) is 0 Å². The molecule has 0 fully saturated rings. The molecule has 5 nitrogen and oxygen atoms in total. The molecule has 2 aromatic rings. The van der Waals surface area contributed by atoms with Crippen molar-refractivity contribution in [1.82, 2.24) is 4.90 Å². The van der Waals surface area contributed by atoms with Crippen LogP contribution in [0.2, 0.25) is 0 Å². The Morgan fingerprint density at radius 3 is 2.00 bits per heavy atom. The molecule has 2 heterocycles. The van der Waals surface area contributed by atoms with E-state index in [0.717, 1.165) is 5.56 Å². The van der Waals surface area contributed by atoms with E-state index < -0.39 is 0 Å². The van der Waals surface area contributed by atoms with Gasteiger partial charge in [0.25, 0.3) is 17.7 Å². The van der Waals surface area contributed by atoms with Crippen LogP contribution in [0.5, 0.6) is 0 Å². The van der Waals surface area contributed by atoms with Gasteiger partial charge in [-0.05, 0) is 24.3 Å². The molecule has 0 N–H and O–H groups in total. The summed E-state index contributed by atoms with van der Waals surface area (Å²) >= 11 is 0. The number of carbonyl (C=O) groups is 3. The maximum absolute atomic E-state index is 12.6. The quantitative estimate of drug-likeness (QED) is 0.756. The Balaban J connectivity index is 1.88. The topological polar surface area (TPSA) is 57.7 Å². The molecule has 2 aromatic carbocycles. The highest BCUT2D eigenvalue weighted by atomic mass is 16.2. The predicted molar refractivity (Wildman–Crippen MR) is 79.8 cm³/mol. The van der Waals surface area contributed by atoms with Crippen LogP contribution in [-0.2, 0) is 6.54 Å². The van der Waals surface area contributed by atoms with E-state index in [1.165, 1.54) is 4.90 Å². The van der Waals surface area contributed by atoms with E-state index in [1.807, 2.05) is 0 Å². The highest BCUT2D eigenvalue weighted by Crippen LogP contribution is 2.35. The Morgan fingerprint density at radius 1 is 0.773 bits per heavy atom. The Morgan fingerprint density at radius 2 is 1.36 bits per heavy atom. The average molecular weight is 292 g/mol. The summed E-state index contributed by atoms with van der Waals surface area (Å²) in [6.07, 6.45) is 0. The van der Waals surface area contributed by atoms with Crippen molar-refractivity contribution in [3.05, 3.63) is 64.7 Å². The molecule has 0 aromatic heterocycles. The zero-order chi connectivity index (χ0) is 15.4. The van der Waals surface area contributed by atoms with Crippen molar-refractivity contribution < 1.29 is 14.4 Å². The molecule has 0 radical (unpaired) electrons. The number of hydrogen-bond donors (Lipinski definition) is 0. The minimum Gasteiger partial charge on any atom is -0.337 e. The standard InChI is InChI=1S/C17H12N2O3/c1-18-9-13-12(15(18)20)7-4-8-14(13)19-16(21)10-5-2-3-6-11(10)17(19)22/h2-8H,9H2,1H3. The molecular weight excluding hydrogens is 280 g/mol. The molecule has 0 unspecified atom stereocenters. The number of nitrogens with zero attached hydrogens (tertiary/aromatic N) is 2. The van der Waals surface area contributed by atoms with Crippen LogP contribution in [0.4, 0.5) is 5.69 Å². The maximum Gasteiger partial charge on any atom is 0.266 e. The third-order valence-corrected chi connectivity index (χ3v) is 4.16. The zero-order valence-electron chi connectivity index (χ0n) is 11.9. The van der Waals surface area contributed by atoms with Gasteiger partial charge in [-0.3, -0.25) is 14.4 Å². The number of fused-ring (bicyclic) bond motifs is 2. The molecule has 0 bridgehead atoms. The number of benzene rings is 2. The van der Waals surface area contributed by atoms with Crippen LogP contribution in [-0.4, -0.2) is 29.7 Å². The van der Waals surface area contributed by atoms with Gasteiger partial charge in [-0.1, -0.05) is 18.2 Å². The Kier molecular flexibility index (Phi) is 2.48. The number of hydrogen-bond acceptors (Lipinski definition) is 3. The van der Waals surface area contributed by atoms with Crippen molar-refractivity contribution in [3.63, 3.8) is 0 Å². The van der Waals surface area contributed by atoms with Gasteiger partial charge in [0.05, 0.1) is 16.8 Å². The van der Waals surface area contributed by atoms with Gasteiger partial charge in [0.1, 0.15) is 0 Å². The van der Waals surface area contributed by atoms with Crippen LogP contribution in [0.3, 0.4) is 0 Å². The van der Waals surface area contributed by atoms with Crippen molar-refractivity contribution in [2.45, 2.75) is 6.54 Å². The summed E-state index contributed by atoms with van der Waals surface area (Å²) in [6, 6.07) is 11.9. The minimum atomic E-state index is -0.337. The van der Waals surface area contributed by atoms with Gasteiger partial charge in [0.15, 0.2) is 0 Å². The normalized spacial score (nSPS) is 16.3. The molecule has 2 aliphatic heterocycles.